The van der Waals surface area contributed by atoms with Gasteiger partial charge in [0.1, 0.15) is 0 Å². The van der Waals surface area contributed by atoms with Crippen LogP contribution in [0.3, 0.4) is 0 Å². The number of methoxy groups -OCH3 is 2. The van der Waals surface area contributed by atoms with Gasteiger partial charge in [-0.2, -0.15) is 0 Å². The first kappa shape index (κ1) is 16.7. The molecule has 0 bridgehead atoms. The summed E-state index contributed by atoms with van der Waals surface area (Å²) in [4.78, 5) is 12.3. The van der Waals surface area contributed by atoms with Gasteiger partial charge in [0.05, 0.1) is 20.3 Å². The van der Waals surface area contributed by atoms with Crippen LogP contribution >= 0.6 is 0 Å². The molecular formula is C19H22O5. The molecule has 0 saturated carbocycles. The summed E-state index contributed by atoms with van der Waals surface area (Å²) in [6, 6.07) is 5.49. The van der Waals surface area contributed by atoms with E-state index in [1.165, 1.54) is 6.08 Å². The molecule has 128 valence electrons. The van der Waals surface area contributed by atoms with Crippen molar-refractivity contribution in [3.63, 3.8) is 0 Å². The number of carbonyl (C=O) groups is 1. The first-order valence-corrected chi connectivity index (χ1v) is 7.93. The minimum atomic E-state index is -1.81. The van der Waals surface area contributed by atoms with Crippen LogP contribution in [0.4, 0.5) is 0 Å². The third-order valence-corrected chi connectivity index (χ3v) is 5.03. The van der Waals surface area contributed by atoms with Crippen LogP contribution in [0.25, 0.3) is 0 Å². The number of hydrogen-bond acceptors (Lipinski definition) is 5. The monoisotopic (exact) mass is 330 g/mol. The Kier molecular flexibility index (Phi) is 4.24. The minimum Gasteiger partial charge on any atom is -0.493 e. The van der Waals surface area contributed by atoms with Crippen LogP contribution < -0.4 is 9.47 Å². The minimum absolute atomic E-state index is 0.404. The van der Waals surface area contributed by atoms with E-state index in [-0.39, 0.29) is 0 Å². The van der Waals surface area contributed by atoms with Crippen LogP contribution in [-0.2, 0) is 9.53 Å². The molecule has 1 aromatic carbocycles. The molecule has 0 amide bonds. The molecule has 1 heterocycles. The quantitative estimate of drug-likeness (QED) is 0.841. The first-order chi connectivity index (χ1) is 11.5. The van der Waals surface area contributed by atoms with Crippen molar-refractivity contribution >= 4 is 5.78 Å². The smallest absolute Gasteiger partial charge is 0.237 e. The van der Waals surface area contributed by atoms with Crippen molar-refractivity contribution in [1.29, 1.82) is 0 Å². The van der Waals surface area contributed by atoms with Crippen molar-refractivity contribution in [3.05, 3.63) is 48.6 Å². The predicted molar refractivity (Wildman–Crippen MR) is 88.9 cm³/mol. The van der Waals surface area contributed by atoms with Gasteiger partial charge in [-0.25, -0.2) is 0 Å². The molecule has 0 radical (unpaired) electrons. The highest BCUT2D eigenvalue weighted by Gasteiger charge is 2.62. The lowest BCUT2D eigenvalue weighted by molar-refractivity contribution is -0.228. The van der Waals surface area contributed by atoms with Crippen LogP contribution in [-0.4, -0.2) is 30.9 Å². The zero-order valence-corrected chi connectivity index (χ0v) is 14.0. The molecule has 3 atom stereocenters. The van der Waals surface area contributed by atoms with Crippen molar-refractivity contribution in [1.82, 2.24) is 0 Å². The standard InChI is InChI=1S/C19H22O5/c1-4-9-18-10-5-6-17(20)19(18,21)24-16(12-18)13-7-8-14(22-2)15(11-13)23-3/h4-8,11,16,21H,1,9-10,12H2,2-3H3/t16-,18-,19-/m1/s1. The zero-order valence-electron chi connectivity index (χ0n) is 14.0. The molecule has 1 aliphatic carbocycles. The summed E-state index contributed by atoms with van der Waals surface area (Å²) in [7, 11) is 3.14. The zero-order chi connectivity index (χ0) is 17.4. The number of ketones is 1. The Morgan fingerprint density at radius 1 is 1.38 bits per heavy atom. The van der Waals surface area contributed by atoms with Gasteiger partial charge >= 0.3 is 0 Å². The number of aliphatic hydroxyl groups is 1. The van der Waals surface area contributed by atoms with Crippen LogP contribution in [0.1, 0.15) is 30.9 Å². The van der Waals surface area contributed by atoms with E-state index >= 15 is 0 Å². The van der Waals surface area contributed by atoms with Crippen molar-refractivity contribution in [2.45, 2.75) is 31.2 Å². The second kappa shape index (κ2) is 6.07. The van der Waals surface area contributed by atoms with E-state index in [1.807, 2.05) is 12.1 Å². The Balaban J connectivity index is 1.98. The van der Waals surface area contributed by atoms with Gasteiger partial charge in [-0.1, -0.05) is 18.2 Å². The number of allylic oxidation sites excluding steroid dienone is 2. The second-order valence-electron chi connectivity index (χ2n) is 6.31. The lowest BCUT2D eigenvalue weighted by Gasteiger charge is -2.39. The number of benzene rings is 1. The van der Waals surface area contributed by atoms with E-state index in [9.17, 15) is 9.90 Å². The molecule has 1 aromatic rings. The molecule has 1 aliphatic heterocycles. The summed E-state index contributed by atoms with van der Waals surface area (Å²) in [6.45, 7) is 3.78. The lowest BCUT2D eigenvalue weighted by Crippen LogP contribution is -2.52. The molecular weight excluding hydrogens is 308 g/mol. The Hall–Kier alpha value is -2.11. The van der Waals surface area contributed by atoms with E-state index in [0.717, 1.165) is 5.56 Å². The Morgan fingerprint density at radius 3 is 2.79 bits per heavy atom. The van der Waals surface area contributed by atoms with Gasteiger partial charge < -0.3 is 19.3 Å². The predicted octanol–water partition coefficient (Wildman–Crippen LogP) is 2.95. The van der Waals surface area contributed by atoms with Gasteiger partial charge in [0.15, 0.2) is 11.5 Å². The van der Waals surface area contributed by atoms with Gasteiger partial charge in [0, 0.05) is 5.41 Å². The highest BCUT2D eigenvalue weighted by molar-refractivity contribution is 5.97. The van der Waals surface area contributed by atoms with Crippen molar-refractivity contribution < 1.29 is 24.1 Å². The van der Waals surface area contributed by atoms with Gasteiger partial charge in [0.2, 0.25) is 11.6 Å². The summed E-state index contributed by atoms with van der Waals surface area (Å²) in [6.07, 6.45) is 6.14. The first-order valence-electron chi connectivity index (χ1n) is 7.93. The van der Waals surface area contributed by atoms with Gasteiger partial charge in [0.25, 0.3) is 0 Å². The highest BCUT2D eigenvalue weighted by atomic mass is 16.6. The number of ether oxygens (including phenoxy) is 3. The molecule has 2 aliphatic rings. The fourth-order valence-electron chi connectivity index (χ4n) is 3.73. The maximum absolute atomic E-state index is 12.3. The van der Waals surface area contributed by atoms with Crippen molar-refractivity contribution in [2.75, 3.05) is 14.2 Å². The third-order valence-electron chi connectivity index (χ3n) is 5.03. The SMILES string of the molecule is C=CC[C@]12CC=CC(=O)[C@@]1(O)O[C@@H](c1ccc(OC)c(OC)c1)C2. The molecule has 0 spiro atoms. The molecule has 0 unspecified atom stereocenters. The maximum Gasteiger partial charge on any atom is 0.237 e. The Morgan fingerprint density at radius 2 is 2.12 bits per heavy atom. The average Bonchev–Trinajstić information content (AvgIpc) is 2.89. The Labute approximate surface area is 141 Å². The van der Waals surface area contributed by atoms with Crippen LogP contribution in [0.5, 0.6) is 11.5 Å². The number of hydrogen-bond donors (Lipinski definition) is 1. The number of rotatable bonds is 5. The van der Waals surface area contributed by atoms with Crippen LogP contribution in [0, 0.1) is 5.41 Å². The van der Waals surface area contributed by atoms with Gasteiger partial charge in [-0.05, 0) is 43.0 Å². The highest BCUT2D eigenvalue weighted by Crippen LogP contribution is 2.57. The van der Waals surface area contributed by atoms with E-state index in [4.69, 9.17) is 14.2 Å². The molecule has 1 fully saturated rings. The van der Waals surface area contributed by atoms with Gasteiger partial charge in [-0.3, -0.25) is 4.79 Å². The van der Waals surface area contributed by atoms with E-state index < -0.39 is 23.1 Å². The summed E-state index contributed by atoms with van der Waals surface area (Å²) in [5, 5.41) is 11.0. The molecule has 5 heteroatoms. The molecule has 0 aromatic heterocycles. The lowest BCUT2D eigenvalue weighted by atomic mass is 9.68. The third kappa shape index (κ3) is 2.36. The summed E-state index contributed by atoms with van der Waals surface area (Å²) in [5.41, 5.74) is 0.157. The number of carbonyl (C=O) groups excluding carboxylic acids is 1. The fourth-order valence-corrected chi connectivity index (χ4v) is 3.73. The van der Waals surface area contributed by atoms with E-state index in [1.54, 1.807) is 32.4 Å². The van der Waals surface area contributed by atoms with E-state index in [0.29, 0.717) is 30.8 Å². The van der Waals surface area contributed by atoms with E-state index in [2.05, 4.69) is 6.58 Å². The van der Waals surface area contributed by atoms with Crippen LogP contribution in [0.2, 0.25) is 0 Å². The summed E-state index contributed by atoms with van der Waals surface area (Å²) in [5.74, 6) is -1.01. The average molecular weight is 330 g/mol. The topological polar surface area (TPSA) is 65.0 Å². The molecule has 3 rings (SSSR count). The molecule has 24 heavy (non-hydrogen) atoms. The summed E-state index contributed by atoms with van der Waals surface area (Å²) < 4.78 is 16.5. The fraction of sp³-hybridized carbons (Fsp3) is 0.421. The second-order valence-corrected chi connectivity index (χ2v) is 6.31. The maximum atomic E-state index is 12.3. The summed E-state index contributed by atoms with van der Waals surface area (Å²) >= 11 is 0. The molecule has 1 N–H and O–H groups in total. The van der Waals surface area contributed by atoms with Gasteiger partial charge in [-0.15, -0.1) is 6.58 Å². The largest absolute Gasteiger partial charge is 0.493 e. The van der Waals surface area contributed by atoms with Crippen molar-refractivity contribution in [3.8, 4) is 11.5 Å². The van der Waals surface area contributed by atoms with Crippen molar-refractivity contribution in [2.24, 2.45) is 5.41 Å². The normalized spacial score (nSPS) is 31.6. The Bertz CT molecular complexity index is 695. The molecule has 5 nitrogen and oxygen atoms in total. The number of fused-ring (bicyclic) bond motifs is 1. The van der Waals surface area contributed by atoms with Crippen LogP contribution in [0.15, 0.2) is 43.0 Å². The molecule has 1 saturated heterocycles.